The lowest BCUT2D eigenvalue weighted by molar-refractivity contribution is 0.602. The minimum absolute atomic E-state index is 0.00917. The first-order chi connectivity index (χ1) is 9.10. The van der Waals surface area contributed by atoms with Gasteiger partial charge in [-0.2, -0.15) is 0 Å². The van der Waals surface area contributed by atoms with Gasteiger partial charge in [0.2, 0.25) is 0 Å². The summed E-state index contributed by atoms with van der Waals surface area (Å²) in [6, 6.07) is 13.0. The quantitative estimate of drug-likeness (QED) is 0.775. The molecule has 0 radical (unpaired) electrons. The van der Waals surface area contributed by atoms with Crippen LogP contribution in [0.2, 0.25) is 0 Å². The van der Waals surface area contributed by atoms with Crippen molar-refractivity contribution in [1.29, 1.82) is 0 Å². The van der Waals surface area contributed by atoms with Crippen molar-refractivity contribution in [3.63, 3.8) is 0 Å². The maximum Gasteiger partial charge on any atom is 0.124 e. The summed E-state index contributed by atoms with van der Waals surface area (Å²) in [5.41, 5.74) is 2.03. The lowest BCUT2D eigenvalue weighted by Crippen LogP contribution is -2.22. The van der Waals surface area contributed by atoms with Crippen LogP contribution in [0, 0.1) is 5.82 Å². The molecule has 0 bridgehead atoms. The van der Waals surface area contributed by atoms with Crippen LogP contribution in [0.25, 0.3) is 0 Å². The van der Waals surface area contributed by atoms with Crippen molar-refractivity contribution in [2.75, 3.05) is 6.54 Å². The van der Waals surface area contributed by atoms with E-state index >= 15 is 0 Å². The molecule has 1 atom stereocenters. The molecule has 0 amide bonds. The molecule has 2 aromatic carbocycles. The Hall–Kier alpha value is -0.710. The van der Waals surface area contributed by atoms with Gasteiger partial charge in [0.15, 0.2) is 0 Å². The first kappa shape index (κ1) is 14.7. The van der Waals surface area contributed by atoms with Gasteiger partial charge in [0.05, 0.1) is 6.04 Å². The number of hydrogen-bond acceptors (Lipinski definition) is 1. The molecule has 19 heavy (non-hydrogen) atoms. The van der Waals surface area contributed by atoms with E-state index < -0.39 is 0 Å². The van der Waals surface area contributed by atoms with E-state index in [1.54, 1.807) is 6.07 Å². The molecule has 1 nitrogen and oxygen atoms in total. The van der Waals surface area contributed by atoms with Crippen LogP contribution in [-0.2, 0) is 0 Å². The minimum Gasteiger partial charge on any atom is -0.307 e. The molecule has 4 heteroatoms. The summed E-state index contributed by atoms with van der Waals surface area (Å²) in [4.78, 5) is 0. The van der Waals surface area contributed by atoms with E-state index in [1.165, 1.54) is 6.07 Å². The molecule has 1 N–H and O–H groups in total. The summed E-state index contributed by atoms with van der Waals surface area (Å²) in [7, 11) is 0. The van der Waals surface area contributed by atoms with Gasteiger partial charge in [0.1, 0.15) is 5.82 Å². The molecule has 0 fully saturated rings. The van der Waals surface area contributed by atoms with Gasteiger partial charge < -0.3 is 5.32 Å². The van der Waals surface area contributed by atoms with E-state index in [4.69, 9.17) is 0 Å². The standard InChI is InChI=1S/C15H14Br2FN/c1-2-19-15(10-3-5-12(16)6-4-10)11-7-13(17)9-14(18)8-11/h3-9,15,19H,2H2,1H3. The summed E-state index contributed by atoms with van der Waals surface area (Å²) in [6.45, 7) is 2.86. The fourth-order valence-electron chi connectivity index (χ4n) is 2.03. The average molecular weight is 387 g/mol. The lowest BCUT2D eigenvalue weighted by atomic mass is 9.98. The lowest BCUT2D eigenvalue weighted by Gasteiger charge is -2.19. The summed E-state index contributed by atoms with van der Waals surface area (Å²) in [5.74, 6) is -0.232. The predicted molar refractivity (Wildman–Crippen MR) is 83.8 cm³/mol. The van der Waals surface area contributed by atoms with Gasteiger partial charge in [-0.3, -0.25) is 0 Å². The van der Waals surface area contributed by atoms with Crippen molar-refractivity contribution >= 4 is 31.9 Å². The molecule has 0 saturated carbocycles. The van der Waals surface area contributed by atoms with Crippen molar-refractivity contribution < 1.29 is 4.39 Å². The van der Waals surface area contributed by atoms with Crippen LogP contribution in [0.1, 0.15) is 24.1 Å². The summed E-state index contributed by atoms with van der Waals surface area (Å²) < 4.78 is 15.3. The van der Waals surface area contributed by atoms with E-state index in [2.05, 4.69) is 37.2 Å². The van der Waals surface area contributed by atoms with Gasteiger partial charge in [0.25, 0.3) is 0 Å². The largest absolute Gasteiger partial charge is 0.307 e. The molecule has 0 aromatic heterocycles. The topological polar surface area (TPSA) is 12.0 Å². The molecular formula is C15H14Br2FN. The maximum atomic E-state index is 13.5. The second-order valence-corrected chi connectivity index (χ2v) is 6.08. The van der Waals surface area contributed by atoms with Crippen LogP contribution < -0.4 is 5.32 Å². The third-order valence-corrected chi connectivity index (χ3v) is 3.82. The molecule has 0 heterocycles. The Labute approximate surface area is 129 Å². The highest BCUT2D eigenvalue weighted by atomic mass is 79.9. The first-order valence-corrected chi connectivity index (χ1v) is 7.63. The normalized spacial score (nSPS) is 12.4. The van der Waals surface area contributed by atoms with Gasteiger partial charge in [-0.25, -0.2) is 4.39 Å². The zero-order valence-electron chi connectivity index (χ0n) is 10.5. The van der Waals surface area contributed by atoms with Crippen molar-refractivity contribution in [3.8, 4) is 0 Å². The fraction of sp³-hybridized carbons (Fsp3) is 0.200. The van der Waals surface area contributed by atoms with E-state index in [1.807, 2.05) is 37.3 Å². The first-order valence-electron chi connectivity index (χ1n) is 6.05. The van der Waals surface area contributed by atoms with Crippen LogP contribution in [-0.4, -0.2) is 6.54 Å². The molecule has 1 unspecified atom stereocenters. The zero-order valence-corrected chi connectivity index (χ0v) is 13.6. The Kier molecular flexibility index (Phi) is 5.13. The Balaban J connectivity index is 2.41. The van der Waals surface area contributed by atoms with Crippen molar-refractivity contribution in [1.82, 2.24) is 5.32 Å². The number of rotatable bonds is 4. The number of nitrogens with one attached hydrogen (secondary N) is 1. The van der Waals surface area contributed by atoms with Crippen LogP contribution in [0.4, 0.5) is 4.39 Å². The summed E-state index contributed by atoms with van der Waals surface area (Å²) >= 11 is 6.77. The highest BCUT2D eigenvalue weighted by Gasteiger charge is 2.14. The Morgan fingerprint density at radius 3 is 2.26 bits per heavy atom. The van der Waals surface area contributed by atoms with E-state index in [9.17, 15) is 4.39 Å². The molecule has 2 aromatic rings. The maximum absolute atomic E-state index is 13.5. The van der Waals surface area contributed by atoms with Crippen molar-refractivity contribution in [2.45, 2.75) is 13.0 Å². The second-order valence-electron chi connectivity index (χ2n) is 4.25. The fourth-order valence-corrected chi connectivity index (χ4v) is 2.78. The average Bonchev–Trinajstić information content (AvgIpc) is 2.36. The Bertz CT molecular complexity index is 534. The molecule has 0 aliphatic heterocycles. The second kappa shape index (κ2) is 6.64. The third-order valence-electron chi connectivity index (χ3n) is 2.83. The smallest absolute Gasteiger partial charge is 0.124 e. The van der Waals surface area contributed by atoms with Gasteiger partial charge in [-0.15, -0.1) is 0 Å². The summed E-state index contributed by atoms with van der Waals surface area (Å²) in [5, 5.41) is 3.39. The minimum atomic E-state index is -0.232. The Morgan fingerprint density at radius 1 is 1.00 bits per heavy atom. The van der Waals surface area contributed by atoms with Crippen molar-refractivity contribution in [2.24, 2.45) is 0 Å². The Morgan fingerprint density at radius 2 is 1.68 bits per heavy atom. The van der Waals surface area contributed by atoms with Crippen LogP contribution in [0.3, 0.4) is 0 Å². The summed E-state index contributed by atoms with van der Waals surface area (Å²) in [6.07, 6.45) is 0. The molecule has 0 aliphatic rings. The number of halogens is 3. The molecule has 100 valence electrons. The molecule has 0 spiro atoms. The molecular weight excluding hydrogens is 373 g/mol. The van der Waals surface area contributed by atoms with Gasteiger partial charge in [-0.05, 0) is 48.0 Å². The van der Waals surface area contributed by atoms with Crippen LogP contribution in [0.15, 0.2) is 51.4 Å². The van der Waals surface area contributed by atoms with Crippen LogP contribution in [0.5, 0.6) is 0 Å². The van der Waals surface area contributed by atoms with E-state index in [0.29, 0.717) is 0 Å². The number of benzene rings is 2. The zero-order chi connectivity index (χ0) is 13.8. The highest BCUT2D eigenvalue weighted by Crippen LogP contribution is 2.26. The van der Waals surface area contributed by atoms with E-state index in [0.717, 1.165) is 26.6 Å². The molecule has 0 aliphatic carbocycles. The molecule has 0 saturated heterocycles. The number of hydrogen-bond donors (Lipinski definition) is 1. The van der Waals surface area contributed by atoms with Gasteiger partial charge >= 0.3 is 0 Å². The SMILES string of the molecule is CCNC(c1ccc(Br)cc1)c1cc(F)cc(Br)c1. The van der Waals surface area contributed by atoms with E-state index in [-0.39, 0.29) is 11.9 Å². The third kappa shape index (κ3) is 3.88. The van der Waals surface area contributed by atoms with Gasteiger partial charge in [-0.1, -0.05) is 50.9 Å². The monoisotopic (exact) mass is 385 g/mol. The highest BCUT2D eigenvalue weighted by molar-refractivity contribution is 9.10. The predicted octanol–water partition coefficient (Wildman–Crippen LogP) is 5.05. The molecule has 2 rings (SSSR count). The van der Waals surface area contributed by atoms with Crippen LogP contribution >= 0.6 is 31.9 Å². The van der Waals surface area contributed by atoms with Crippen molar-refractivity contribution in [3.05, 3.63) is 68.4 Å². The van der Waals surface area contributed by atoms with Gasteiger partial charge in [0, 0.05) is 8.95 Å².